The summed E-state index contributed by atoms with van der Waals surface area (Å²) in [5.41, 5.74) is 1.97. The lowest BCUT2D eigenvalue weighted by molar-refractivity contribution is 0.313. The second-order valence-electron chi connectivity index (χ2n) is 4.35. The van der Waals surface area contributed by atoms with Crippen LogP contribution in [0.15, 0.2) is 30.5 Å². The molecular weight excluding hydrogens is 264 g/mol. The molecule has 1 aliphatic rings. The normalized spacial score (nSPS) is 14.6. The number of benzene rings is 1. The van der Waals surface area contributed by atoms with E-state index in [9.17, 15) is 0 Å². The third kappa shape index (κ3) is 2.88. The van der Waals surface area contributed by atoms with Crippen molar-refractivity contribution in [2.75, 3.05) is 19.7 Å². The van der Waals surface area contributed by atoms with Gasteiger partial charge in [-0.15, -0.1) is 17.5 Å². The SMILES string of the molecule is CCOc1ccc(-c2cn(C3CNC3)nn2)cc1.Cl. The highest BCUT2D eigenvalue weighted by molar-refractivity contribution is 5.85. The Kier molecular flexibility index (Phi) is 4.39. The molecular formula is C13H17ClN4O. The fraction of sp³-hybridized carbons (Fsp3) is 0.385. The van der Waals surface area contributed by atoms with Gasteiger partial charge in [-0.2, -0.15) is 0 Å². The van der Waals surface area contributed by atoms with Crippen LogP contribution in [-0.2, 0) is 0 Å². The summed E-state index contributed by atoms with van der Waals surface area (Å²) in [6, 6.07) is 8.40. The maximum absolute atomic E-state index is 5.42. The molecule has 0 amide bonds. The van der Waals surface area contributed by atoms with Crippen molar-refractivity contribution in [3.63, 3.8) is 0 Å². The fourth-order valence-electron chi connectivity index (χ4n) is 1.94. The molecule has 1 aliphatic heterocycles. The number of ether oxygens (including phenoxy) is 1. The summed E-state index contributed by atoms with van der Waals surface area (Å²) in [6.07, 6.45) is 2.00. The molecule has 0 spiro atoms. The molecule has 0 atom stereocenters. The number of nitrogens with zero attached hydrogens (tertiary/aromatic N) is 3. The molecule has 0 aliphatic carbocycles. The van der Waals surface area contributed by atoms with Crippen molar-refractivity contribution in [2.45, 2.75) is 13.0 Å². The standard InChI is InChI=1S/C13H16N4O.ClH/c1-2-18-12-5-3-10(4-6-12)13-9-17(16-15-13)11-7-14-8-11;/h3-6,9,11,14H,2,7-8H2,1H3;1H. The zero-order chi connectivity index (χ0) is 12.4. The summed E-state index contributed by atoms with van der Waals surface area (Å²) in [5.74, 6) is 0.886. The van der Waals surface area contributed by atoms with Crippen LogP contribution in [0.5, 0.6) is 5.75 Å². The van der Waals surface area contributed by atoms with Gasteiger partial charge in [0.05, 0.1) is 18.8 Å². The van der Waals surface area contributed by atoms with Gasteiger partial charge in [-0.3, -0.25) is 0 Å². The van der Waals surface area contributed by atoms with Gasteiger partial charge in [-0.1, -0.05) is 5.21 Å². The molecule has 1 aromatic heterocycles. The highest BCUT2D eigenvalue weighted by Gasteiger charge is 2.20. The van der Waals surface area contributed by atoms with Gasteiger partial charge >= 0.3 is 0 Å². The number of hydrogen-bond acceptors (Lipinski definition) is 4. The van der Waals surface area contributed by atoms with Crippen LogP contribution in [0.2, 0.25) is 0 Å². The first-order valence-electron chi connectivity index (χ1n) is 6.22. The highest BCUT2D eigenvalue weighted by Crippen LogP contribution is 2.21. The average molecular weight is 281 g/mol. The maximum atomic E-state index is 5.42. The van der Waals surface area contributed by atoms with Crippen molar-refractivity contribution < 1.29 is 4.74 Å². The molecule has 2 heterocycles. The predicted molar refractivity (Wildman–Crippen MR) is 75.8 cm³/mol. The molecule has 1 aromatic carbocycles. The monoisotopic (exact) mass is 280 g/mol. The fourth-order valence-corrected chi connectivity index (χ4v) is 1.94. The Bertz CT molecular complexity index is 522. The molecule has 19 heavy (non-hydrogen) atoms. The van der Waals surface area contributed by atoms with Gasteiger partial charge in [0.1, 0.15) is 11.4 Å². The zero-order valence-electron chi connectivity index (χ0n) is 10.7. The summed E-state index contributed by atoms with van der Waals surface area (Å²) in [7, 11) is 0. The molecule has 1 N–H and O–H groups in total. The molecule has 0 saturated carbocycles. The molecule has 2 aromatic rings. The number of aromatic nitrogens is 3. The maximum Gasteiger partial charge on any atom is 0.119 e. The van der Waals surface area contributed by atoms with Crippen molar-refractivity contribution >= 4 is 12.4 Å². The van der Waals surface area contributed by atoms with Gasteiger partial charge in [-0.05, 0) is 31.2 Å². The Labute approximate surface area is 118 Å². The molecule has 0 bridgehead atoms. The minimum Gasteiger partial charge on any atom is -0.494 e. The van der Waals surface area contributed by atoms with E-state index < -0.39 is 0 Å². The van der Waals surface area contributed by atoms with E-state index in [0.29, 0.717) is 12.6 Å². The summed E-state index contributed by atoms with van der Waals surface area (Å²) in [5, 5.41) is 11.6. The van der Waals surface area contributed by atoms with Gasteiger partial charge in [0.2, 0.25) is 0 Å². The van der Waals surface area contributed by atoms with Crippen LogP contribution in [0.25, 0.3) is 11.3 Å². The Morgan fingerprint density at radius 3 is 2.63 bits per heavy atom. The summed E-state index contributed by atoms with van der Waals surface area (Å²) >= 11 is 0. The van der Waals surface area contributed by atoms with Crippen LogP contribution in [0.4, 0.5) is 0 Å². The van der Waals surface area contributed by atoms with E-state index >= 15 is 0 Å². The van der Waals surface area contributed by atoms with Crippen LogP contribution in [0.1, 0.15) is 13.0 Å². The molecule has 3 rings (SSSR count). The van der Waals surface area contributed by atoms with Crippen LogP contribution < -0.4 is 10.1 Å². The minimum absolute atomic E-state index is 0. The largest absolute Gasteiger partial charge is 0.494 e. The van der Waals surface area contributed by atoms with Crippen molar-refractivity contribution in [1.29, 1.82) is 0 Å². The Hall–Kier alpha value is -1.59. The van der Waals surface area contributed by atoms with E-state index in [1.54, 1.807) is 0 Å². The quantitative estimate of drug-likeness (QED) is 0.929. The molecule has 0 radical (unpaired) electrons. The van der Waals surface area contributed by atoms with Gasteiger partial charge in [-0.25, -0.2) is 4.68 Å². The van der Waals surface area contributed by atoms with Crippen LogP contribution in [0.3, 0.4) is 0 Å². The first-order chi connectivity index (χ1) is 8.86. The van der Waals surface area contributed by atoms with Gasteiger partial charge < -0.3 is 10.1 Å². The average Bonchev–Trinajstić information content (AvgIpc) is 2.77. The molecule has 1 fully saturated rings. The van der Waals surface area contributed by atoms with E-state index in [2.05, 4.69) is 15.6 Å². The minimum atomic E-state index is 0. The number of rotatable bonds is 4. The van der Waals surface area contributed by atoms with Crippen molar-refractivity contribution in [1.82, 2.24) is 20.3 Å². The van der Waals surface area contributed by atoms with E-state index in [-0.39, 0.29) is 12.4 Å². The van der Waals surface area contributed by atoms with Crippen LogP contribution in [0, 0.1) is 0 Å². The van der Waals surface area contributed by atoms with Gasteiger partial charge in [0.15, 0.2) is 0 Å². The number of nitrogens with one attached hydrogen (secondary N) is 1. The zero-order valence-corrected chi connectivity index (χ0v) is 11.6. The van der Waals surface area contributed by atoms with E-state index in [1.807, 2.05) is 42.1 Å². The summed E-state index contributed by atoms with van der Waals surface area (Å²) in [6.45, 7) is 4.62. The third-order valence-corrected chi connectivity index (χ3v) is 3.11. The molecule has 6 heteroatoms. The molecule has 1 saturated heterocycles. The van der Waals surface area contributed by atoms with E-state index in [4.69, 9.17) is 4.74 Å². The topological polar surface area (TPSA) is 52.0 Å². The molecule has 102 valence electrons. The lowest BCUT2D eigenvalue weighted by atomic mass is 10.1. The second kappa shape index (κ2) is 6.04. The predicted octanol–water partition coefficient (Wildman–Crippen LogP) is 1.91. The van der Waals surface area contributed by atoms with Gasteiger partial charge in [0.25, 0.3) is 0 Å². The molecule has 5 nitrogen and oxygen atoms in total. The Morgan fingerprint density at radius 1 is 1.32 bits per heavy atom. The van der Waals surface area contributed by atoms with Crippen molar-refractivity contribution in [3.05, 3.63) is 30.5 Å². The van der Waals surface area contributed by atoms with Crippen molar-refractivity contribution in [2.24, 2.45) is 0 Å². The lowest BCUT2D eigenvalue weighted by Gasteiger charge is -2.26. The number of hydrogen-bond donors (Lipinski definition) is 1. The van der Waals surface area contributed by atoms with E-state index in [0.717, 1.165) is 30.1 Å². The van der Waals surface area contributed by atoms with Crippen molar-refractivity contribution in [3.8, 4) is 17.0 Å². The molecule has 0 unspecified atom stereocenters. The first kappa shape index (κ1) is 13.8. The van der Waals surface area contributed by atoms with Crippen LogP contribution in [-0.4, -0.2) is 34.7 Å². The lowest BCUT2D eigenvalue weighted by Crippen LogP contribution is -2.43. The highest BCUT2D eigenvalue weighted by atomic mass is 35.5. The summed E-state index contributed by atoms with van der Waals surface area (Å²) < 4.78 is 7.35. The van der Waals surface area contributed by atoms with E-state index in [1.165, 1.54) is 0 Å². The Morgan fingerprint density at radius 2 is 2.05 bits per heavy atom. The number of halogens is 1. The first-order valence-corrected chi connectivity index (χ1v) is 6.22. The third-order valence-electron chi connectivity index (χ3n) is 3.11. The van der Waals surface area contributed by atoms with Crippen LogP contribution >= 0.6 is 12.4 Å². The summed E-state index contributed by atoms with van der Waals surface area (Å²) in [4.78, 5) is 0. The second-order valence-corrected chi connectivity index (χ2v) is 4.35. The van der Waals surface area contributed by atoms with Gasteiger partial charge in [0, 0.05) is 18.7 Å². The Balaban J connectivity index is 0.00000133. The smallest absolute Gasteiger partial charge is 0.119 e.